The highest BCUT2D eigenvalue weighted by Gasteiger charge is 2.06. The van der Waals surface area contributed by atoms with Crippen LogP contribution in [0.3, 0.4) is 0 Å². The molecule has 2 aromatic rings. The van der Waals surface area contributed by atoms with E-state index < -0.39 is 0 Å². The van der Waals surface area contributed by atoms with Crippen molar-refractivity contribution in [3.8, 4) is 0 Å². The van der Waals surface area contributed by atoms with Crippen LogP contribution in [0.2, 0.25) is 0 Å². The Labute approximate surface area is 130 Å². The van der Waals surface area contributed by atoms with Gasteiger partial charge in [0.1, 0.15) is 6.29 Å². The van der Waals surface area contributed by atoms with Gasteiger partial charge in [-0.05, 0) is 35.3 Å². The van der Waals surface area contributed by atoms with Crippen molar-refractivity contribution in [3.05, 3.63) is 59.7 Å². The number of allylic oxidation sites excluding steroid dienone is 1. The van der Waals surface area contributed by atoms with E-state index in [1.165, 1.54) is 0 Å². The lowest BCUT2D eigenvalue weighted by molar-refractivity contribution is -0.105. The number of rotatable bonds is 8. The van der Waals surface area contributed by atoms with Crippen molar-refractivity contribution in [2.75, 3.05) is 13.7 Å². The monoisotopic (exact) mass is 296 g/mol. The summed E-state index contributed by atoms with van der Waals surface area (Å²) in [5.41, 5.74) is 1.41. The smallest absolute Gasteiger partial charge is 0.163 e. The van der Waals surface area contributed by atoms with Crippen molar-refractivity contribution in [1.82, 2.24) is 0 Å². The van der Waals surface area contributed by atoms with Crippen molar-refractivity contribution >= 4 is 22.8 Å². The Hall–Kier alpha value is -2.26. The molecule has 2 rings (SSSR count). The van der Waals surface area contributed by atoms with Gasteiger partial charge in [-0.1, -0.05) is 42.5 Å². The topological polar surface area (TPSA) is 43.4 Å². The maximum Gasteiger partial charge on any atom is 0.163 e. The molecule has 2 aromatic carbocycles. The van der Waals surface area contributed by atoms with E-state index in [1.54, 1.807) is 7.11 Å². The second-order valence-electron chi connectivity index (χ2n) is 5.16. The van der Waals surface area contributed by atoms with Crippen LogP contribution in [0.4, 0.5) is 0 Å². The fourth-order valence-corrected chi connectivity index (χ4v) is 2.32. The maximum atomic E-state index is 12.2. The third-order valence-electron chi connectivity index (χ3n) is 3.60. The molecule has 0 bridgehead atoms. The van der Waals surface area contributed by atoms with E-state index >= 15 is 0 Å². The summed E-state index contributed by atoms with van der Waals surface area (Å²) < 4.78 is 4.95. The van der Waals surface area contributed by atoms with E-state index in [-0.39, 0.29) is 5.78 Å². The summed E-state index contributed by atoms with van der Waals surface area (Å²) in [7, 11) is 1.60. The van der Waals surface area contributed by atoms with Crippen molar-refractivity contribution in [1.29, 1.82) is 0 Å². The molecule has 0 aliphatic carbocycles. The van der Waals surface area contributed by atoms with Crippen LogP contribution >= 0.6 is 0 Å². The highest BCUT2D eigenvalue weighted by Crippen LogP contribution is 2.17. The Bertz CT molecular complexity index is 686. The SMILES string of the molecule is COCCC(C=O)=CCCC(=O)c1ccc2ccccc2c1. The van der Waals surface area contributed by atoms with Gasteiger partial charge in [-0.25, -0.2) is 0 Å². The minimum atomic E-state index is 0.0963. The number of methoxy groups -OCH3 is 1. The number of fused-ring (bicyclic) bond motifs is 1. The van der Waals surface area contributed by atoms with E-state index in [9.17, 15) is 9.59 Å². The largest absolute Gasteiger partial charge is 0.384 e. The van der Waals surface area contributed by atoms with Gasteiger partial charge in [0.05, 0.1) is 6.61 Å². The number of carbonyl (C=O) groups is 2. The molecule has 0 spiro atoms. The normalized spacial score (nSPS) is 11.6. The summed E-state index contributed by atoms with van der Waals surface area (Å²) in [6.45, 7) is 0.517. The van der Waals surface area contributed by atoms with E-state index in [2.05, 4.69) is 0 Å². The fraction of sp³-hybridized carbons (Fsp3) is 0.263. The second-order valence-corrected chi connectivity index (χ2v) is 5.16. The van der Waals surface area contributed by atoms with Crippen LogP contribution in [0.5, 0.6) is 0 Å². The summed E-state index contributed by atoms with van der Waals surface area (Å²) in [6, 6.07) is 13.7. The molecule has 0 aliphatic rings. The first-order valence-corrected chi connectivity index (χ1v) is 7.39. The standard InChI is InChI=1S/C19H20O3/c1-22-12-11-15(14-20)5-4-8-19(21)18-10-9-16-6-2-3-7-17(16)13-18/h2-3,5-7,9-10,13-14H,4,8,11-12H2,1H3. The zero-order valence-electron chi connectivity index (χ0n) is 12.7. The lowest BCUT2D eigenvalue weighted by atomic mass is 10.0. The average molecular weight is 296 g/mol. The van der Waals surface area contributed by atoms with E-state index in [4.69, 9.17) is 4.74 Å². The van der Waals surface area contributed by atoms with Gasteiger partial charge in [0.15, 0.2) is 5.78 Å². The number of ketones is 1. The quantitative estimate of drug-likeness (QED) is 0.420. The highest BCUT2D eigenvalue weighted by molar-refractivity contribution is 6.00. The summed E-state index contributed by atoms with van der Waals surface area (Å²) in [4.78, 5) is 23.1. The Kier molecular flexibility index (Phi) is 6.04. The van der Waals surface area contributed by atoms with Gasteiger partial charge in [-0.3, -0.25) is 9.59 Å². The molecule has 0 aromatic heterocycles. The molecule has 0 atom stereocenters. The van der Waals surface area contributed by atoms with Gasteiger partial charge >= 0.3 is 0 Å². The predicted molar refractivity (Wildman–Crippen MR) is 88.2 cm³/mol. The number of hydrogen-bond donors (Lipinski definition) is 0. The molecule has 0 saturated carbocycles. The minimum Gasteiger partial charge on any atom is -0.384 e. The van der Waals surface area contributed by atoms with E-state index in [1.807, 2.05) is 48.5 Å². The lowest BCUT2D eigenvalue weighted by Gasteiger charge is -2.03. The van der Waals surface area contributed by atoms with Crippen LogP contribution in [0.25, 0.3) is 10.8 Å². The summed E-state index contributed by atoms with van der Waals surface area (Å²) >= 11 is 0. The number of aldehydes is 1. The van der Waals surface area contributed by atoms with Crippen LogP contribution in [0.1, 0.15) is 29.6 Å². The zero-order chi connectivity index (χ0) is 15.8. The van der Waals surface area contributed by atoms with Gasteiger partial charge in [-0.2, -0.15) is 0 Å². The highest BCUT2D eigenvalue weighted by atomic mass is 16.5. The lowest BCUT2D eigenvalue weighted by Crippen LogP contribution is -1.99. The van der Waals surface area contributed by atoms with Gasteiger partial charge in [-0.15, -0.1) is 0 Å². The Morgan fingerprint density at radius 2 is 1.86 bits per heavy atom. The van der Waals surface area contributed by atoms with E-state index in [0.29, 0.717) is 31.4 Å². The molecular weight excluding hydrogens is 276 g/mol. The third kappa shape index (κ3) is 4.37. The van der Waals surface area contributed by atoms with Crippen molar-refractivity contribution in [2.24, 2.45) is 0 Å². The van der Waals surface area contributed by atoms with E-state index in [0.717, 1.165) is 22.6 Å². The first-order valence-electron chi connectivity index (χ1n) is 7.39. The summed E-state index contributed by atoms with van der Waals surface area (Å²) in [5.74, 6) is 0.0963. The molecule has 114 valence electrons. The van der Waals surface area contributed by atoms with Crippen LogP contribution in [0.15, 0.2) is 54.1 Å². The average Bonchev–Trinajstić information content (AvgIpc) is 2.57. The van der Waals surface area contributed by atoms with Crippen molar-refractivity contribution in [2.45, 2.75) is 19.3 Å². The number of carbonyl (C=O) groups excluding carboxylic acids is 2. The Balaban J connectivity index is 1.98. The first-order chi connectivity index (χ1) is 10.7. The molecule has 0 heterocycles. The maximum absolute atomic E-state index is 12.2. The van der Waals surface area contributed by atoms with Crippen molar-refractivity contribution in [3.63, 3.8) is 0 Å². The molecule has 0 N–H and O–H groups in total. The van der Waals surface area contributed by atoms with Crippen molar-refractivity contribution < 1.29 is 14.3 Å². The number of hydrogen-bond acceptors (Lipinski definition) is 3. The minimum absolute atomic E-state index is 0.0963. The Morgan fingerprint density at radius 3 is 2.59 bits per heavy atom. The number of ether oxygens (including phenoxy) is 1. The van der Waals surface area contributed by atoms with Crippen LogP contribution in [0, 0.1) is 0 Å². The molecule has 0 fully saturated rings. The molecule has 0 aliphatic heterocycles. The molecular formula is C19H20O3. The molecule has 3 nitrogen and oxygen atoms in total. The summed E-state index contributed by atoms with van der Waals surface area (Å²) in [5, 5.41) is 2.19. The van der Waals surface area contributed by atoms with Crippen LogP contribution in [-0.4, -0.2) is 25.8 Å². The van der Waals surface area contributed by atoms with Gasteiger partial charge in [0.25, 0.3) is 0 Å². The summed E-state index contributed by atoms with van der Waals surface area (Å²) in [6.07, 6.45) is 4.22. The van der Waals surface area contributed by atoms with Gasteiger partial charge in [0.2, 0.25) is 0 Å². The van der Waals surface area contributed by atoms with Crippen LogP contribution in [-0.2, 0) is 9.53 Å². The molecule has 3 heteroatoms. The molecule has 0 unspecified atom stereocenters. The van der Waals surface area contributed by atoms with Crippen LogP contribution < -0.4 is 0 Å². The number of Topliss-reactive ketones (excluding diaryl/α,β-unsaturated/α-hetero) is 1. The zero-order valence-corrected chi connectivity index (χ0v) is 12.7. The first kappa shape index (κ1) is 16.1. The predicted octanol–water partition coefficient (Wildman–Crippen LogP) is 3.96. The number of benzene rings is 2. The molecule has 0 amide bonds. The van der Waals surface area contributed by atoms with Gasteiger partial charge < -0.3 is 4.74 Å². The molecule has 0 saturated heterocycles. The molecule has 22 heavy (non-hydrogen) atoms. The second kappa shape index (κ2) is 8.25. The fourth-order valence-electron chi connectivity index (χ4n) is 2.32. The molecule has 0 radical (unpaired) electrons. The van der Waals surface area contributed by atoms with Gasteiger partial charge in [0, 0.05) is 19.1 Å². The Morgan fingerprint density at radius 1 is 1.09 bits per heavy atom. The third-order valence-corrected chi connectivity index (χ3v) is 3.60.